The van der Waals surface area contributed by atoms with Gasteiger partial charge in [-0.15, -0.1) is 0 Å². The van der Waals surface area contributed by atoms with E-state index in [4.69, 9.17) is 0 Å². The van der Waals surface area contributed by atoms with E-state index in [1.165, 1.54) is 33.5 Å². The maximum absolute atomic E-state index is 2.29. The van der Waals surface area contributed by atoms with Crippen LogP contribution in [0.4, 0.5) is 0 Å². The molecule has 0 fully saturated rings. The number of allylic oxidation sites excluding steroid dienone is 1. The fraction of sp³-hybridized carbons (Fsp3) is 0.316. The third kappa shape index (κ3) is 2.82. The van der Waals surface area contributed by atoms with Crippen LogP contribution >= 0.6 is 0 Å². The number of hydrogen-bond donors (Lipinski definition) is 0. The lowest BCUT2D eigenvalue weighted by Crippen LogP contribution is -2.31. The van der Waals surface area contributed by atoms with Gasteiger partial charge >= 0.3 is 0 Å². The summed E-state index contributed by atoms with van der Waals surface area (Å²) in [5, 5.41) is 0. The van der Waals surface area contributed by atoms with Crippen LogP contribution < -0.4 is 4.57 Å². The largest absolute Gasteiger partial charge is 0.212 e. The van der Waals surface area contributed by atoms with Crippen molar-refractivity contribution >= 4 is 6.08 Å². The maximum atomic E-state index is 2.29. The summed E-state index contributed by atoms with van der Waals surface area (Å²) in [6.45, 7) is 8.72. The molecule has 1 heteroatoms. The molecule has 0 amide bonds. The molecule has 0 aliphatic heterocycles. The molecule has 1 aromatic carbocycles. The molecule has 1 aromatic heterocycles. The van der Waals surface area contributed by atoms with Gasteiger partial charge in [0.25, 0.3) is 0 Å². The smallest absolute Gasteiger partial charge is 0.200 e. The number of pyridine rings is 1. The molecule has 1 nitrogen and oxygen atoms in total. The fourth-order valence-corrected chi connectivity index (χ4v) is 2.49. The Balaban J connectivity index is 2.56. The highest BCUT2D eigenvalue weighted by Gasteiger charge is 2.15. The van der Waals surface area contributed by atoms with Crippen LogP contribution in [-0.2, 0) is 7.05 Å². The van der Waals surface area contributed by atoms with Crippen molar-refractivity contribution < 1.29 is 4.57 Å². The van der Waals surface area contributed by atoms with E-state index in [1.54, 1.807) is 0 Å². The molecule has 0 spiro atoms. The topological polar surface area (TPSA) is 3.88 Å². The molecule has 104 valence electrons. The molecule has 0 aliphatic carbocycles. The van der Waals surface area contributed by atoms with Gasteiger partial charge in [0.05, 0.1) is 0 Å². The van der Waals surface area contributed by atoms with Crippen molar-refractivity contribution in [2.45, 2.75) is 34.1 Å². The number of nitrogens with zero attached hydrogens (tertiary/aromatic N) is 1. The van der Waals surface area contributed by atoms with E-state index >= 15 is 0 Å². The molecular weight excluding hydrogens is 242 g/mol. The molecule has 0 saturated heterocycles. The minimum atomic E-state index is 1.07. The van der Waals surface area contributed by atoms with Crippen molar-refractivity contribution in [1.29, 1.82) is 0 Å². The van der Waals surface area contributed by atoms with Gasteiger partial charge in [0.2, 0.25) is 5.69 Å². The molecular formula is C19H24N+. The molecule has 20 heavy (non-hydrogen) atoms. The van der Waals surface area contributed by atoms with Crippen LogP contribution in [0.25, 0.3) is 17.3 Å². The second-order valence-electron chi connectivity index (χ2n) is 5.47. The summed E-state index contributed by atoms with van der Waals surface area (Å²) < 4.78 is 2.23. The summed E-state index contributed by atoms with van der Waals surface area (Å²) in [6, 6.07) is 8.80. The van der Waals surface area contributed by atoms with Crippen LogP contribution in [0.3, 0.4) is 0 Å². The third-order valence-electron chi connectivity index (χ3n) is 3.93. The van der Waals surface area contributed by atoms with Gasteiger partial charge in [0, 0.05) is 17.2 Å². The van der Waals surface area contributed by atoms with Gasteiger partial charge in [0.1, 0.15) is 7.05 Å². The average molecular weight is 266 g/mol. The maximum Gasteiger partial charge on any atom is 0.212 e. The average Bonchev–Trinajstić information content (AvgIpc) is 2.43. The van der Waals surface area contributed by atoms with Crippen LogP contribution in [0, 0.1) is 20.8 Å². The van der Waals surface area contributed by atoms with E-state index in [-0.39, 0.29) is 0 Å². The second-order valence-corrected chi connectivity index (χ2v) is 5.47. The lowest BCUT2D eigenvalue weighted by Gasteiger charge is -2.09. The van der Waals surface area contributed by atoms with Crippen LogP contribution in [-0.4, -0.2) is 0 Å². The normalized spacial score (nSPS) is 11.2. The van der Waals surface area contributed by atoms with E-state index in [0.29, 0.717) is 0 Å². The van der Waals surface area contributed by atoms with Gasteiger partial charge in [-0.05, 0) is 49.9 Å². The molecule has 0 bridgehead atoms. The summed E-state index contributed by atoms with van der Waals surface area (Å²) in [5.41, 5.74) is 7.92. The SMILES string of the molecule is CC/C=C\c1c[n+](C)c(-c2cccc(C)c2C)cc1C. The Morgan fingerprint density at radius 1 is 1.10 bits per heavy atom. The molecule has 0 unspecified atom stereocenters. The summed E-state index contributed by atoms with van der Waals surface area (Å²) >= 11 is 0. The molecule has 1 heterocycles. The van der Waals surface area contributed by atoms with E-state index < -0.39 is 0 Å². The first-order chi connectivity index (χ1) is 9.54. The van der Waals surface area contributed by atoms with E-state index in [1.807, 2.05) is 0 Å². The zero-order valence-corrected chi connectivity index (χ0v) is 13.2. The monoisotopic (exact) mass is 266 g/mol. The molecule has 2 rings (SSSR count). The Morgan fingerprint density at radius 2 is 1.85 bits per heavy atom. The predicted molar refractivity (Wildman–Crippen MR) is 86.6 cm³/mol. The zero-order valence-electron chi connectivity index (χ0n) is 13.2. The molecule has 0 N–H and O–H groups in total. The number of benzene rings is 1. The number of aromatic nitrogens is 1. The van der Waals surface area contributed by atoms with Gasteiger partial charge in [-0.3, -0.25) is 0 Å². The predicted octanol–water partition coefficient (Wildman–Crippen LogP) is 4.53. The lowest BCUT2D eigenvalue weighted by molar-refractivity contribution is -0.660. The molecule has 0 saturated carbocycles. The minimum absolute atomic E-state index is 1.07. The van der Waals surface area contributed by atoms with Gasteiger partial charge < -0.3 is 0 Å². The highest BCUT2D eigenvalue weighted by Crippen LogP contribution is 2.24. The number of rotatable bonds is 3. The Hall–Kier alpha value is -1.89. The summed E-state index contributed by atoms with van der Waals surface area (Å²) in [5.74, 6) is 0. The van der Waals surface area contributed by atoms with E-state index in [0.717, 1.165) is 6.42 Å². The van der Waals surface area contributed by atoms with Gasteiger partial charge in [0.15, 0.2) is 6.20 Å². The molecule has 0 atom stereocenters. The first-order valence-electron chi connectivity index (χ1n) is 7.28. The van der Waals surface area contributed by atoms with Crippen molar-refractivity contribution in [3.63, 3.8) is 0 Å². The fourth-order valence-electron chi connectivity index (χ4n) is 2.49. The second kappa shape index (κ2) is 6.04. The first kappa shape index (κ1) is 14.5. The van der Waals surface area contributed by atoms with Crippen molar-refractivity contribution in [1.82, 2.24) is 0 Å². The number of hydrogen-bond acceptors (Lipinski definition) is 0. The minimum Gasteiger partial charge on any atom is -0.200 e. The lowest BCUT2D eigenvalue weighted by atomic mass is 9.98. The van der Waals surface area contributed by atoms with Gasteiger partial charge in [-0.2, -0.15) is 0 Å². The van der Waals surface area contributed by atoms with Crippen molar-refractivity contribution in [3.05, 3.63) is 58.8 Å². The van der Waals surface area contributed by atoms with Crippen molar-refractivity contribution in [2.75, 3.05) is 0 Å². The van der Waals surface area contributed by atoms with Crippen LogP contribution in [0.15, 0.2) is 36.5 Å². The van der Waals surface area contributed by atoms with Crippen molar-refractivity contribution in [2.24, 2.45) is 7.05 Å². The van der Waals surface area contributed by atoms with Gasteiger partial charge in [-0.25, -0.2) is 4.57 Å². The molecule has 0 aliphatic rings. The van der Waals surface area contributed by atoms with E-state index in [2.05, 4.69) is 81.9 Å². The Bertz CT molecular complexity index is 651. The van der Waals surface area contributed by atoms with Crippen molar-refractivity contribution in [3.8, 4) is 11.3 Å². The summed E-state index contributed by atoms with van der Waals surface area (Å²) in [4.78, 5) is 0. The standard InChI is InChI=1S/C19H24N/c1-6-7-10-17-13-20(5)19(12-15(17)3)18-11-8-9-14(2)16(18)4/h7-13H,6H2,1-5H3/q+1/b10-7-. The Kier molecular flexibility index (Phi) is 4.39. The number of aryl methyl sites for hydroxylation is 3. The summed E-state index contributed by atoms with van der Waals surface area (Å²) in [7, 11) is 2.12. The zero-order chi connectivity index (χ0) is 14.7. The molecule has 2 aromatic rings. The van der Waals surface area contributed by atoms with E-state index in [9.17, 15) is 0 Å². The third-order valence-corrected chi connectivity index (χ3v) is 3.93. The highest BCUT2D eigenvalue weighted by molar-refractivity contribution is 5.65. The highest BCUT2D eigenvalue weighted by atomic mass is 14.9. The quantitative estimate of drug-likeness (QED) is 0.719. The van der Waals surface area contributed by atoms with Gasteiger partial charge in [-0.1, -0.05) is 31.2 Å². The Morgan fingerprint density at radius 3 is 2.55 bits per heavy atom. The first-order valence-corrected chi connectivity index (χ1v) is 7.28. The van der Waals surface area contributed by atoms with Crippen LogP contribution in [0.2, 0.25) is 0 Å². The summed E-state index contributed by atoms with van der Waals surface area (Å²) in [6.07, 6.45) is 7.71. The molecule has 0 radical (unpaired) electrons. The van der Waals surface area contributed by atoms with Crippen LogP contribution in [0.1, 0.15) is 35.6 Å². The van der Waals surface area contributed by atoms with Crippen LogP contribution in [0.5, 0.6) is 0 Å². The Labute approximate surface area is 122 Å².